The zero-order chi connectivity index (χ0) is 18.0. The summed E-state index contributed by atoms with van der Waals surface area (Å²) in [5, 5.41) is 0. The molecule has 1 atom stereocenters. The molecule has 25 heavy (non-hydrogen) atoms. The number of amides is 1. The quantitative estimate of drug-likeness (QED) is 0.851. The van der Waals surface area contributed by atoms with E-state index in [9.17, 15) is 9.59 Å². The molecule has 0 saturated carbocycles. The number of esters is 1. The van der Waals surface area contributed by atoms with Crippen LogP contribution in [0.15, 0.2) is 24.5 Å². The van der Waals surface area contributed by atoms with Crippen molar-refractivity contribution in [2.45, 2.75) is 32.9 Å². The third-order valence-corrected chi connectivity index (χ3v) is 4.60. The van der Waals surface area contributed by atoms with E-state index in [2.05, 4.69) is 9.97 Å². The second-order valence-electron chi connectivity index (χ2n) is 6.08. The van der Waals surface area contributed by atoms with Gasteiger partial charge in [-0.2, -0.15) is 0 Å². The zero-order valence-electron chi connectivity index (χ0n) is 14.5. The van der Waals surface area contributed by atoms with Gasteiger partial charge in [-0.25, -0.2) is 9.78 Å². The molecular weight excluding hydrogens is 322 g/mol. The molecule has 0 saturated heterocycles. The summed E-state index contributed by atoms with van der Waals surface area (Å²) < 4.78 is 10.5. The van der Waals surface area contributed by atoms with Crippen LogP contribution in [-0.2, 0) is 27.3 Å². The molecule has 2 aromatic rings. The number of ether oxygens (including phenoxy) is 2. The topological polar surface area (TPSA) is 84.5 Å². The van der Waals surface area contributed by atoms with Gasteiger partial charge < -0.3 is 19.4 Å². The SMILES string of the molecule is COC(=O)C1Cc2nc[nH]c2CN1C(=O)COc1cccc(C)c1C. The van der Waals surface area contributed by atoms with Crippen LogP contribution in [0, 0.1) is 13.8 Å². The lowest BCUT2D eigenvalue weighted by Crippen LogP contribution is -2.50. The first kappa shape index (κ1) is 17.0. The molecule has 0 bridgehead atoms. The molecule has 1 aliphatic heterocycles. The molecule has 0 spiro atoms. The molecule has 0 aliphatic carbocycles. The molecule has 1 N–H and O–H groups in total. The number of fused-ring (bicyclic) bond motifs is 1. The number of aryl methyl sites for hydroxylation is 1. The number of aromatic nitrogens is 2. The summed E-state index contributed by atoms with van der Waals surface area (Å²) in [7, 11) is 1.32. The third-order valence-electron chi connectivity index (χ3n) is 4.60. The van der Waals surface area contributed by atoms with E-state index in [1.165, 1.54) is 12.0 Å². The lowest BCUT2D eigenvalue weighted by atomic mass is 10.0. The number of rotatable bonds is 4. The van der Waals surface area contributed by atoms with Crippen LogP contribution in [0.3, 0.4) is 0 Å². The second-order valence-corrected chi connectivity index (χ2v) is 6.08. The molecule has 132 valence electrons. The minimum atomic E-state index is -0.685. The molecule has 1 amide bonds. The molecule has 1 aromatic carbocycles. The lowest BCUT2D eigenvalue weighted by Gasteiger charge is -2.33. The van der Waals surface area contributed by atoms with Gasteiger partial charge >= 0.3 is 5.97 Å². The van der Waals surface area contributed by atoms with E-state index in [0.29, 0.717) is 12.2 Å². The number of aromatic amines is 1. The van der Waals surface area contributed by atoms with Gasteiger partial charge in [-0.05, 0) is 31.0 Å². The Hall–Kier alpha value is -2.83. The summed E-state index contributed by atoms with van der Waals surface area (Å²) in [5.41, 5.74) is 3.71. The number of carbonyl (C=O) groups is 2. The molecule has 7 heteroatoms. The summed E-state index contributed by atoms with van der Waals surface area (Å²) in [6, 6.07) is 5.02. The Morgan fingerprint density at radius 2 is 2.16 bits per heavy atom. The fourth-order valence-corrected chi connectivity index (χ4v) is 2.95. The Morgan fingerprint density at radius 3 is 2.92 bits per heavy atom. The van der Waals surface area contributed by atoms with Crippen LogP contribution in [0.5, 0.6) is 5.75 Å². The van der Waals surface area contributed by atoms with Gasteiger partial charge in [0.2, 0.25) is 0 Å². The summed E-state index contributed by atoms with van der Waals surface area (Å²) in [6.45, 7) is 4.08. The molecule has 0 radical (unpaired) electrons. The zero-order valence-corrected chi connectivity index (χ0v) is 14.5. The van der Waals surface area contributed by atoms with Crippen molar-refractivity contribution < 1.29 is 19.1 Å². The van der Waals surface area contributed by atoms with E-state index >= 15 is 0 Å². The van der Waals surface area contributed by atoms with Gasteiger partial charge in [-0.1, -0.05) is 12.1 Å². The maximum atomic E-state index is 12.7. The number of H-pyrrole nitrogens is 1. The van der Waals surface area contributed by atoms with E-state index in [1.807, 2.05) is 32.0 Å². The van der Waals surface area contributed by atoms with Crippen LogP contribution in [0.1, 0.15) is 22.5 Å². The van der Waals surface area contributed by atoms with Crippen LogP contribution < -0.4 is 4.74 Å². The van der Waals surface area contributed by atoms with Crippen LogP contribution in [0.4, 0.5) is 0 Å². The summed E-state index contributed by atoms with van der Waals surface area (Å²) in [5.74, 6) is -0.0486. The van der Waals surface area contributed by atoms with Crippen LogP contribution >= 0.6 is 0 Å². The van der Waals surface area contributed by atoms with Crippen molar-refractivity contribution in [3.63, 3.8) is 0 Å². The average molecular weight is 343 g/mol. The number of benzene rings is 1. The standard InChI is InChI=1S/C18H21N3O4/c1-11-5-4-6-16(12(11)2)25-9-17(22)21-8-14-13(19-10-20-14)7-15(21)18(23)24-3/h4-6,10,15H,7-9H2,1-3H3,(H,19,20). The van der Waals surface area contributed by atoms with Gasteiger partial charge in [0.15, 0.2) is 6.61 Å². The van der Waals surface area contributed by atoms with Crippen molar-refractivity contribution in [3.05, 3.63) is 47.0 Å². The molecular formula is C18H21N3O4. The maximum Gasteiger partial charge on any atom is 0.329 e. The van der Waals surface area contributed by atoms with Crippen molar-refractivity contribution >= 4 is 11.9 Å². The number of imidazole rings is 1. The van der Waals surface area contributed by atoms with Crippen LogP contribution in [0.2, 0.25) is 0 Å². The highest BCUT2D eigenvalue weighted by Gasteiger charge is 2.36. The predicted octanol–water partition coefficient (Wildman–Crippen LogP) is 1.53. The van der Waals surface area contributed by atoms with Crippen molar-refractivity contribution in [1.82, 2.24) is 14.9 Å². The van der Waals surface area contributed by atoms with Gasteiger partial charge in [0.1, 0.15) is 11.8 Å². The Labute approximate surface area is 146 Å². The Bertz CT molecular complexity index is 799. The van der Waals surface area contributed by atoms with Gasteiger partial charge in [-0.3, -0.25) is 4.79 Å². The first-order valence-corrected chi connectivity index (χ1v) is 8.08. The second kappa shape index (κ2) is 6.96. The number of nitrogens with one attached hydrogen (secondary N) is 1. The minimum absolute atomic E-state index is 0.138. The van der Waals surface area contributed by atoms with Crippen molar-refractivity contribution in [2.75, 3.05) is 13.7 Å². The Morgan fingerprint density at radius 1 is 1.36 bits per heavy atom. The smallest absolute Gasteiger partial charge is 0.329 e. The summed E-state index contributed by atoms with van der Waals surface area (Å²) >= 11 is 0. The van der Waals surface area contributed by atoms with E-state index < -0.39 is 12.0 Å². The van der Waals surface area contributed by atoms with E-state index in [0.717, 1.165) is 22.5 Å². The molecule has 0 fully saturated rings. The monoisotopic (exact) mass is 343 g/mol. The minimum Gasteiger partial charge on any atom is -0.483 e. The molecule has 3 rings (SSSR count). The lowest BCUT2D eigenvalue weighted by molar-refractivity contribution is -0.154. The van der Waals surface area contributed by atoms with Crippen molar-refractivity contribution in [2.24, 2.45) is 0 Å². The number of nitrogens with zero attached hydrogens (tertiary/aromatic N) is 2. The average Bonchev–Trinajstić information content (AvgIpc) is 3.08. The number of carbonyl (C=O) groups excluding carboxylic acids is 2. The highest BCUT2D eigenvalue weighted by Crippen LogP contribution is 2.23. The van der Waals surface area contributed by atoms with Crippen LogP contribution in [0.25, 0.3) is 0 Å². The van der Waals surface area contributed by atoms with Gasteiger partial charge in [0.05, 0.1) is 31.4 Å². The number of hydrogen-bond donors (Lipinski definition) is 1. The summed E-state index contributed by atoms with van der Waals surface area (Å²) in [4.78, 5) is 33.5. The first-order chi connectivity index (χ1) is 12.0. The Balaban J connectivity index is 1.75. The molecule has 1 aromatic heterocycles. The molecule has 7 nitrogen and oxygen atoms in total. The highest BCUT2D eigenvalue weighted by molar-refractivity contribution is 5.86. The van der Waals surface area contributed by atoms with Gasteiger partial charge in [0, 0.05) is 6.42 Å². The molecule has 1 unspecified atom stereocenters. The van der Waals surface area contributed by atoms with E-state index in [4.69, 9.17) is 9.47 Å². The number of hydrogen-bond acceptors (Lipinski definition) is 5. The van der Waals surface area contributed by atoms with Gasteiger partial charge in [0.25, 0.3) is 5.91 Å². The molecule has 1 aliphatic rings. The predicted molar refractivity (Wildman–Crippen MR) is 90.1 cm³/mol. The molecule has 2 heterocycles. The van der Waals surface area contributed by atoms with E-state index in [1.54, 1.807) is 6.33 Å². The van der Waals surface area contributed by atoms with Crippen molar-refractivity contribution in [3.8, 4) is 5.75 Å². The maximum absolute atomic E-state index is 12.7. The third kappa shape index (κ3) is 3.35. The fraction of sp³-hybridized carbons (Fsp3) is 0.389. The van der Waals surface area contributed by atoms with Gasteiger partial charge in [-0.15, -0.1) is 0 Å². The Kier molecular flexibility index (Phi) is 4.74. The normalized spacial score (nSPS) is 16.3. The largest absolute Gasteiger partial charge is 0.483 e. The highest BCUT2D eigenvalue weighted by atomic mass is 16.5. The van der Waals surface area contributed by atoms with E-state index in [-0.39, 0.29) is 19.1 Å². The summed E-state index contributed by atoms with van der Waals surface area (Å²) in [6.07, 6.45) is 1.90. The number of methoxy groups -OCH3 is 1. The van der Waals surface area contributed by atoms with Crippen molar-refractivity contribution in [1.29, 1.82) is 0 Å². The fourth-order valence-electron chi connectivity index (χ4n) is 2.95. The van der Waals surface area contributed by atoms with Crippen LogP contribution in [-0.4, -0.2) is 46.5 Å². The first-order valence-electron chi connectivity index (χ1n) is 8.08.